The number of thiophene rings is 1. The van der Waals surface area contributed by atoms with Crippen molar-refractivity contribution in [2.75, 3.05) is 6.54 Å². The smallest absolute Gasteiger partial charge is 0.126 e. The molecule has 0 radical (unpaired) electrons. The predicted molar refractivity (Wildman–Crippen MR) is 70.7 cm³/mol. The van der Waals surface area contributed by atoms with Crippen molar-refractivity contribution in [1.29, 1.82) is 0 Å². The Morgan fingerprint density at radius 3 is 2.59 bits per heavy atom. The van der Waals surface area contributed by atoms with Crippen LogP contribution in [0.5, 0.6) is 0 Å². The van der Waals surface area contributed by atoms with Crippen molar-refractivity contribution in [1.82, 2.24) is 0 Å². The van der Waals surface area contributed by atoms with E-state index in [0.29, 0.717) is 18.9 Å². The van der Waals surface area contributed by atoms with Gasteiger partial charge in [-0.15, -0.1) is 11.3 Å². The Labute approximate surface area is 105 Å². The molecule has 0 saturated heterocycles. The molecule has 0 spiro atoms. The van der Waals surface area contributed by atoms with Gasteiger partial charge in [0.1, 0.15) is 5.82 Å². The van der Waals surface area contributed by atoms with Crippen molar-refractivity contribution < 1.29 is 4.39 Å². The van der Waals surface area contributed by atoms with Crippen molar-refractivity contribution in [2.45, 2.75) is 12.8 Å². The van der Waals surface area contributed by atoms with Crippen LogP contribution >= 0.6 is 11.3 Å². The standard InChI is InChI=1S/C14H16FNS/c15-14-6-2-1-4-12(14)8-11(10-16)9-13-5-3-7-17-13/h1-7,11H,8-10,16H2. The van der Waals surface area contributed by atoms with E-state index in [4.69, 9.17) is 5.73 Å². The minimum absolute atomic E-state index is 0.128. The van der Waals surface area contributed by atoms with Crippen LogP contribution < -0.4 is 5.73 Å². The molecule has 0 aliphatic carbocycles. The molecule has 1 atom stereocenters. The van der Waals surface area contributed by atoms with Gasteiger partial charge in [-0.25, -0.2) is 4.39 Å². The summed E-state index contributed by atoms with van der Waals surface area (Å²) in [5.41, 5.74) is 6.53. The monoisotopic (exact) mass is 249 g/mol. The van der Waals surface area contributed by atoms with E-state index in [1.54, 1.807) is 17.4 Å². The summed E-state index contributed by atoms with van der Waals surface area (Å²) >= 11 is 1.73. The van der Waals surface area contributed by atoms with Gasteiger partial charge in [-0.2, -0.15) is 0 Å². The van der Waals surface area contributed by atoms with E-state index >= 15 is 0 Å². The molecule has 1 nitrogen and oxygen atoms in total. The first-order valence-corrected chi connectivity index (χ1v) is 6.63. The number of benzene rings is 1. The van der Waals surface area contributed by atoms with Crippen LogP contribution in [0, 0.1) is 11.7 Å². The summed E-state index contributed by atoms with van der Waals surface area (Å²) in [6.07, 6.45) is 1.64. The normalized spacial score (nSPS) is 12.6. The molecule has 0 fully saturated rings. The molecule has 1 heterocycles. The van der Waals surface area contributed by atoms with E-state index in [1.165, 1.54) is 10.9 Å². The SMILES string of the molecule is NCC(Cc1cccs1)Cc1ccccc1F. The van der Waals surface area contributed by atoms with Crippen molar-refractivity contribution in [3.8, 4) is 0 Å². The van der Waals surface area contributed by atoms with Crippen LogP contribution in [0.15, 0.2) is 41.8 Å². The molecule has 2 N–H and O–H groups in total. The molecule has 1 aromatic carbocycles. The van der Waals surface area contributed by atoms with Crippen LogP contribution in [0.1, 0.15) is 10.4 Å². The second-order valence-electron chi connectivity index (χ2n) is 4.18. The molecule has 0 aliphatic heterocycles. The summed E-state index contributed by atoms with van der Waals surface area (Å²) in [5, 5.41) is 2.06. The highest BCUT2D eigenvalue weighted by atomic mass is 32.1. The Kier molecular flexibility index (Phi) is 4.29. The summed E-state index contributed by atoms with van der Waals surface area (Å²) in [6.45, 7) is 0.590. The van der Waals surface area contributed by atoms with Crippen LogP contribution in [0.3, 0.4) is 0 Å². The van der Waals surface area contributed by atoms with Crippen molar-refractivity contribution in [3.63, 3.8) is 0 Å². The van der Waals surface area contributed by atoms with E-state index in [2.05, 4.69) is 11.4 Å². The maximum atomic E-state index is 13.5. The van der Waals surface area contributed by atoms with Crippen molar-refractivity contribution in [2.24, 2.45) is 11.7 Å². The highest BCUT2D eigenvalue weighted by molar-refractivity contribution is 7.09. The van der Waals surface area contributed by atoms with E-state index in [0.717, 1.165) is 12.0 Å². The quantitative estimate of drug-likeness (QED) is 0.865. The lowest BCUT2D eigenvalue weighted by Crippen LogP contribution is -2.19. The minimum atomic E-state index is -0.128. The molecule has 0 bridgehead atoms. The molecular formula is C14H16FNS. The van der Waals surface area contributed by atoms with Crippen LogP contribution in [0.4, 0.5) is 4.39 Å². The van der Waals surface area contributed by atoms with Crippen molar-refractivity contribution >= 4 is 11.3 Å². The third-order valence-electron chi connectivity index (χ3n) is 2.87. The topological polar surface area (TPSA) is 26.0 Å². The van der Waals surface area contributed by atoms with Crippen molar-refractivity contribution in [3.05, 3.63) is 58.0 Å². The highest BCUT2D eigenvalue weighted by Gasteiger charge is 2.12. The van der Waals surface area contributed by atoms with E-state index in [1.807, 2.05) is 18.2 Å². The molecule has 2 aromatic rings. The van der Waals surface area contributed by atoms with Gasteiger partial charge < -0.3 is 5.73 Å². The molecule has 0 aliphatic rings. The molecule has 1 unspecified atom stereocenters. The summed E-state index contributed by atoms with van der Waals surface area (Å²) < 4.78 is 13.5. The predicted octanol–water partition coefficient (Wildman–Crippen LogP) is 3.25. The Balaban J connectivity index is 2.03. The van der Waals surface area contributed by atoms with Crippen LogP contribution in [0.25, 0.3) is 0 Å². The minimum Gasteiger partial charge on any atom is -0.330 e. The van der Waals surface area contributed by atoms with Gasteiger partial charge in [0.05, 0.1) is 0 Å². The first kappa shape index (κ1) is 12.3. The zero-order valence-corrected chi connectivity index (χ0v) is 10.4. The number of halogens is 1. The Morgan fingerprint density at radius 1 is 1.12 bits per heavy atom. The third kappa shape index (κ3) is 3.38. The molecule has 0 saturated carbocycles. The molecular weight excluding hydrogens is 233 g/mol. The molecule has 2 rings (SSSR count). The molecule has 1 aromatic heterocycles. The molecule has 0 amide bonds. The first-order valence-electron chi connectivity index (χ1n) is 5.75. The van der Waals surface area contributed by atoms with Crippen LogP contribution in [-0.2, 0) is 12.8 Å². The lowest BCUT2D eigenvalue weighted by molar-refractivity contribution is 0.515. The fraction of sp³-hybridized carbons (Fsp3) is 0.286. The number of rotatable bonds is 5. The fourth-order valence-electron chi connectivity index (χ4n) is 1.93. The molecule has 17 heavy (non-hydrogen) atoms. The van der Waals surface area contributed by atoms with E-state index in [9.17, 15) is 4.39 Å². The van der Waals surface area contributed by atoms with Gasteiger partial charge in [-0.3, -0.25) is 0 Å². The Hall–Kier alpha value is -1.19. The molecule has 90 valence electrons. The van der Waals surface area contributed by atoms with Gasteiger partial charge in [-0.05, 0) is 48.4 Å². The third-order valence-corrected chi connectivity index (χ3v) is 3.77. The van der Waals surface area contributed by atoms with Crippen LogP contribution in [0.2, 0.25) is 0 Å². The summed E-state index contributed by atoms with van der Waals surface area (Å²) in [5.74, 6) is 0.183. The zero-order valence-electron chi connectivity index (χ0n) is 9.60. The Bertz CT molecular complexity index is 453. The summed E-state index contributed by atoms with van der Waals surface area (Å²) in [4.78, 5) is 1.32. The van der Waals surface area contributed by atoms with Gasteiger partial charge >= 0.3 is 0 Å². The second-order valence-corrected chi connectivity index (χ2v) is 5.21. The van der Waals surface area contributed by atoms with E-state index in [-0.39, 0.29) is 5.82 Å². The second kappa shape index (κ2) is 5.94. The number of nitrogens with two attached hydrogens (primary N) is 1. The van der Waals surface area contributed by atoms with Gasteiger partial charge in [0, 0.05) is 4.88 Å². The lowest BCUT2D eigenvalue weighted by atomic mass is 9.95. The summed E-state index contributed by atoms with van der Waals surface area (Å²) in [7, 11) is 0. The first-order chi connectivity index (χ1) is 8.29. The van der Waals surface area contributed by atoms with Gasteiger partial charge in [0.2, 0.25) is 0 Å². The Morgan fingerprint density at radius 2 is 1.94 bits per heavy atom. The average molecular weight is 249 g/mol. The zero-order chi connectivity index (χ0) is 12.1. The van der Waals surface area contributed by atoms with Gasteiger partial charge in [0.15, 0.2) is 0 Å². The summed E-state index contributed by atoms with van der Waals surface area (Å²) in [6, 6.07) is 11.1. The maximum absolute atomic E-state index is 13.5. The maximum Gasteiger partial charge on any atom is 0.126 e. The number of hydrogen-bond donors (Lipinski definition) is 1. The fourth-order valence-corrected chi connectivity index (χ4v) is 2.75. The lowest BCUT2D eigenvalue weighted by Gasteiger charge is -2.14. The highest BCUT2D eigenvalue weighted by Crippen LogP contribution is 2.19. The van der Waals surface area contributed by atoms with E-state index < -0.39 is 0 Å². The largest absolute Gasteiger partial charge is 0.330 e. The van der Waals surface area contributed by atoms with Gasteiger partial charge in [-0.1, -0.05) is 24.3 Å². The van der Waals surface area contributed by atoms with Crippen LogP contribution in [-0.4, -0.2) is 6.54 Å². The van der Waals surface area contributed by atoms with Gasteiger partial charge in [0.25, 0.3) is 0 Å². The number of hydrogen-bond acceptors (Lipinski definition) is 2. The molecule has 3 heteroatoms. The average Bonchev–Trinajstić information content (AvgIpc) is 2.84.